The summed E-state index contributed by atoms with van der Waals surface area (Å²) in [7, 11) is -1.59. The first kappa shape index (κ1) is 29.5. The van der Waals surface area contributed by atoms with E-state index in [-0.39, 0.29) is 27.3 Å². The molecule has 0 aromatic heterocycles. The van der Waals surface area contributed by atoms with E-state index in [2.05, 4.69) is 81.8 Å². The zero-order chi connectivity index (χ0) is 22.1. The second kappa shape index (κ2) is 13.8. The number of nitrogens with zero attached hydrogens (tertiary/aromatic N) is 2. The fraction of sp³-hybridized carbons (Fsp3) is 0.654. The Balaban J connectivity index is 0.000000927. The summed E-state index contributed by atoms with van der Waals surface area (Å²) in [5.74, 6) is 8.11. The van der Waals surface area contributed by atoms with Crippen molar-refractivity contribution in [1.29, 1.82) is 0 Å². The first-order valence-electron chi connectivity index (χ1n) is 11.1. The molecule has 1 radical (unpaired) electrons. The maximum absolute atomic E-state index is 6.18. The van der Waals surface area contributed by atoms with E-state index in [4.69, 9.17) is 11.4 Å². The van der Waals surface area contributed by atoms with Crippen molar-refractivity contribution in [2.45, 2.75) is 84.1 Å². The van der Waals surface area contributed by atoms with Crippen LogP contribution in [0, 0.1) is 42.9 Å². The van der Waals surface area contributed by atoms with Crippen LogP contribution >= 0.6 is 0 Å². The molecule has 4 unspecified atom stereocenters. The van der Waals surface area contributed by atoms with E-state index in [1.54, 1.807) is 13.8 Å². The normalized spacial score (nSPS) is 27.2. The van der Waals surface area contributed by atoms with Gasteiger partial charge in [0.2, 0.25) is 0 Å². The van der Waals surface area contributed by atoms with Gasteiger partial charge in [-0.3, -0.25) is 16.7 Å². The van der Waals surface area contributed by atoms with Gasteiger partial charge in [0.1, 0.15) is 0 Å². The molecular weight excluding hydrogens is 416 g/mol. The van der Waals surface area contributed by atoms with Gasteiger partial charge in [-0.25, -0.2) is 5.92 Å². The van der Waals surface area contributed by atoms with E-state index in [1.807, 2.05) is 5.92 Å². The first-order valence-corrected chi connectivity index (χ1v) is 14.1. The molecule has 163 valence electrons. The summed E-state index contributed by atoms with van der Waals surface area (Å²) in [6.45, 7) is 21.1. The van der Waals surface area contributed by atoms with Gasteiger partial charge < -0.3 is 18.3 Å². The maximum Gasteiger partial charge on any atom is 3.00 e. The van der Waals surface area contributed by atoms with Crippen molar-refractivity contribution in [1.82, 2.24) is 4.90 Å². The largest absolute Gasteiger partial charge is 3.00 e. The van der Waals surface area contributed by atoms with Crippen molar-refractivity contribution in [2.75, 3.05) is 13.1 Å². The molecule has 0 bridgehead atoms. The monoisotopic (exact) mass is 457 g/mol. The Bertz CT molecular complexity index is 651. The standard InChI is InChI=1S/C19H33N2Si.C5H3.C2H5.Ti/c1-19(2,3)20-22(4,5)18-14-17(21-12-8-9-13-21)15-10-6-7-11-16(15)18;1-3-5-4-2;1-2;/h6-7,10-11,15-18H,8-9,12-14H2,1-5H3;1H3;1H2,2H3;/q3*-1;+3. The minimum Gasteiger partial charge on any atom is -0.660 e. The van der Waals surface area contributed by atoms with Crippen LogP contribution in [0.25, 0.3) is 4.98 Å². The number of allylic oxidation sites excluding steroid dienone is 3. The summed E-state index contributed by atoms with van der Waals surface area (Å²) in [6.07, 6.45) is 19.9. The maximum atomic E-state index is 6.18. The minimum absolute atomic E-state index is 0. The van der Waals surface area contributed by atoms with Gasteiger partial charge in [0, 0.05) is 6.04 Å². The topological polar surface area (TPSA) is 17.3 Å². The van der Waals surface area contributed by atoms with Gasteiger partial charge >= 0.3 is 21.7 Å². The SMILES string of the molecule is CC(C)(C)[N-][Si](C)(C)C1CC(N2CCCC2)C2C=CC=CC21.[C-]#CC#CC.[CH2-]C.[Ti+3]. The Labute approximate surface area is 203 Å². The van der Waals surface area contributed by atoms with Gasteiger partial charge in [-0.05, 0) is 51.1 Å². The molecule has 3 aliphatic rings. The van der Waals surface area contributed by atoms with Crippen LogP contribution < -0.4 is 0 Å². The summed E-state index contributed by atoms with van der Waals surface area (Å²) in [5.41, 5.74) is 0.897. The third kappa shape index (κ3) is 8.53. The van der Waals surface area contributed by atoms with Gasteiger partial charge in [-0.1, -0.05) is 71.9 Å². The summed E-state index contributed by atoms with van der Waals surface area (Å²) >= 11 is 0. The second-order valence-corrected chi connectivity index (χ2v) is 13.8. The number of fused-ring (bicyclic) bond motifs is 1. The average molecular weight is 458 g/mol. The summed E-state index contributed by atoms with van der Waals surface area (Å²) in [6, 6.07) is 0.764. The van der Waals surface area contributed by atoms with E-state index in [1.165, 1.54) is 32.4 Å². The van der Waals surface area contributed by atoms with Crippen LogP contribution in [0.15, 0.2) is 24.3 Å². The summed E-state index contributed by atoms with van der Waals surface area (Å²) in [4.78, 5) is 8.12. The van der Waals surface area contributed by atoms with Crippen molar-refractivity contribution < 1.29 is 21.7 Å². The number of hydrogen-bond acceptors (Lipinski definition) is 1. The molecule has 1 saturated heterocycles. The minimum atomic E-state index is -1.59. The third-order valence-electron chi connectivity index (χ3n) is 5.95. The Hall–Kier alpha value is -0.549. The zero-order valence-corrected chi connectivity index (χ0v) is 22.8. The van der Waals surface area contributed by atoms with Gasteiger partial charge in [-0.15, -0.1) is 5.54 Å². The van der Waals surface area contributed by atoms with Gasteiger partial charge in [0.15, 0.2) is 0 Å². The van der Waals surface area contributed by atoms with Crippen molar-refractivity contribution in [3.05, 3.63) is 42.6 Å². The number of hydrogen-bond donors (Lipinski definition) is 0. The van der Waals surface area contributed by atoms with Gasteiger partial charge in [0.25, 0.3) is 0 Å². The second-order valence-electron chi connectivity index (χ2n) is 9.51. The number of rotatable bonds is 3. The summed E-state index contributed by atoms with van der Waals surface area (Å²) < 4.78 is 0. The smallest absolute Gasteiger partial charge is 0.660 e. The van der Waals surface area contributed by atoms with Crippen LogP contribution in [0.2, 0.25) is 18.6 Å². The van der Waals surface area contributed by atoms with Gasteiger partial charge in [-0.2, -0.15) is 6.92 Å². The first-order chi connectivity index (χ1) is 13.7. The molecule has 0 aromatic rings. The Morgan fingerprint density at radius 3 is 2.03 bits per heavy atom. The van der Waals surface area contributed by atoms with E-state index in [9.17, 15) is 0 Å². The fourth-order valence-electron chi connectivity index (χ4n) is 5.24. The van der Waals surface area contributed by atoms with Crippen LogP contribution in [0.1, 0.15) is 53.9 Å². The Morgan fingerprint density at radius 2 is 1.60 bits per heavy atom. The third-order valence-corrected chi connectivity index (χ3v) is 9.64. The van der Waals surface area contributed by atoms with Crippen LogP contribution in [-0.4, -0.2) is 37.8 Å². The van der Waals surface area contributed by atoms with E-state index in [0.29, 0.717) is 0 Å². The molecule has 1 heterocycles. The van der Waals surface area contributed by atoms with Crippen molar-refractivity contribution in [2.24, 2.45) is 11.8 Å². The molecule has 0 aromatic carbocycles. The number of likely N-dealkylation sites (tertiary alicyclic amines) is 1. The Morgan fingerprint density at radius 1 is 1.07 bits per heavy atom. The van der Waals surface area contributed by atoms with Crippen LogP contribution in [0.5, 0.6) is 0 Å². The van der Waals surface area contributed by atoms with Crippen LogP contribution in [-0.2, 0) is 21.7 Å². The van der Waals surface area contributed by atoms with Crippen molar-refractivity contribution in [3.8, 4) is 17.8 Å². The summed E-state index contributed by atoms with van der Waals surface area (Å²) in [5, 5.41) is 0. The van der Waals surface area contributed by atoms with Crippen LogP contribution in [0.4, 0.5) is 0 Å². The molecular formula is C26H41N2SiTi. The molecule has 0 spiro atoms. The van der Waals surface area contributed by atoms with E-state index < -0.39 is 8.24 Å². The average Bonchev–Trinajstić information content (AvgIpc) is 3.30. The molecule has 4 atom stereocenters. The van der Waals surface area contributed by atoms with E-state index in [0.717, 1.165) is 23.4 Å². The van der Waals surface area contributed by atoms with Gasteiger partial charge in [0.05, 0.1) is 0 Å². The molecule has 1 aliphatic heterocycles. The molecule has 1 saturated carbocycles. The molecule has 0 N–H and O–H groups in total. The molecule has 2 nitrogen and oxygen atoms in total. The zero-order valence-electron chi connectivity index (χ0n) is 20.3. The molecule has 30 heavy (non-hydrogen) atoms. The molecule has 2 fully saturated rings. The molecule has 3 rings (SSSR count). The predicted octanol–water partition coefficient (Wildman–Crippen LogP) is 6.40. The molecule has 4 heteroatoms. The molecule has 2 aliphatic carbocycles. The Kier molecular flexibility index (Phi) is 13.5. The van der Waals surface area contributed by atoms with Crippen molar-refractivity contribution >= 4 is 8.24 Å². The predicted molar refractivity (Wildman–Crippen MR) is 130 cm³/mol. The van der Waals surface area contributed by atoms with E-state index >= 15 is 0 Å². The fourth-order valence-corrected chi connectivity index (χ4v) is 9.23. The quantitative estimate of drug-likeness (QED) is 0.272. The van der Waals surface area contributed by atoms with Crippen LogP contribution in [0.3, 0.4) is 0 Å². The molecule has 0 amide bonds. The van der Waals surface area contributed by atoms with Crippen molar-refractivity contribution in [3.63, 3.8) is 0 Å².